The summed E-state index contributed by atoms with van der Waals surface area (Å²) in [5.74, 6) is -0.723. The third-order valence-corrected chi connectivity index (χ3v) is 4.01. The number of carbonyl (C=O) groups is 1. The standard InChI is InChI=1S/C12H9BrFNOS/c13-7-4-8(17-6-7)5-11(16)9-2-1-3-10(14)12(9)15/h1-4,6H,5,15H2. The van der Waals surface area contributed by atoms with Crippen LogP contribution in [0.2, 0.25) is 0 Å². The van der Waals surface area contributed by atoms with Crippen molar-refractivity contribution in [2.24, 2.45) is 0 Å². The zero-order chi connectivity index (χ0) is 12.4. The summed E-state index contributed by atoms with van der Waals surface area (Å²) in [7, 11) is 0. The predicted molar refractivity (Wildman–Crippen MR) is 70.9 cm³/mol. The maximum Gasteiger partial charge on any atom is 0.170 e. The number of carbonyl (C=O) groups excluding carboxylic acids is 1. The lowest BCUT2D eigenvalue weighted by Gasteiger charge is -2.04. The summed E-state index contributed by atoms with van der Waals surface area (Å²) in [5, 5.41) is 1.90. The second kappa shape index (κ2) is 4.98. The van der Waals surface area contributed by atoms with Gasteiger partial charge in [-0.3, -0.25) is 4.79 Å². The van der Waals surface area contributed by atoms with Crippen LogP contribution in [0, 0.1) is 5.82 Å². The smallest absolute Gasteiger partial charge is 0.170 e. The van der Waals surface area contributed by atoms with E-state index in [0.29, 0.717) is 0 Å². The van der Waals surface area contributed by atoms with Gasteiger partial charge in [-0.05, 0) is 34.1 Å². The Labute approximate surface area is 110 Å². The van der Waals surface area contributed by atoms with Gasteiger partial charge < -0.3 is 5.73 Å². The van der Waals surface area contributed by atoms with Crippen molar-refractivity contribution in [2.45, 2.75) is 6.42 Å². The number of hydrogen-bond donors (Lipinski definition) is 1. The van der Waals surface area contributed by atoms with Crippen LogP contribution in [0.15, 0.2) is 34.1 Å². The Morgan fingerprint density at radius 3 is 2.88 bits per heavy atom. The Morgan fingerprint density at radius 1 is 1.47 bits per heavy atom. The topological polar surface area (TPSA) is 43.1 Å². The predicted octanol–water partition coefficient (Wildman–Crippen LogP) is 3.66. The molecule has 2 rings (SSSR count). The molecular formula is C12H9BrFNOS. The lowest BCUT2D eigenvalue weighted by molar-refractivity contribution is 0.0994. The van der Waals surface area contributed by atoms with Gasteiger partial charge in [0.25, 0.3) is 0 Å². The van der Waals surface area contributed by atoms with Crippen LogP contribution < -0.4 is 5.73 Å². The highest BCUT2D eigenvalue weighted by atomic mass is 79.9. The Kier molecular flexibility index (Phi) is 3.59. The quantitative estimate of drug-likeness (QED) is 0.694. The number of para-hydroxylation sites is 1. The highest BCUT2D eigenvalue weighted by molar-refractivity contribution is 9.10. The van der Waals surface area contributed by atoms with Crippen molar-refractivity contribution in [2.75, 3.05) is 5.73 Å². The minimum Gasteiger partial charge on any atom is -0.396 e. The van der Waals surface area contributed by atoms with E-state index in [-0.39, 0.29) is 23.5 Å². The molecule has 0 aliphatic carbocycles. The Hall–Kier alpha value is -1.20. The molecule has 0 spiro atoms. The molecule has 0 unspecified atom stereocenters. The summed E-state index contributed by atoms with van der Waals surface area (Å²) in [6, 6.07) is 6.15. The van der Waals surface area contributed by atoms with Crippen LogP contribution in [0.3, 0.4) is 0 Å². The van der Waals surface area contributed by atoms with Crippen LogP contribution in [0.1, 0.15) is 15.2 Å². The molecule has 5 heteroatoms. The van der Waals surface area contributed by atoms with E-state index < -0.39 is 5.82 Å². The molecule has 0 atom stereocenters. The van der Waals surface area contributed by atoms with E-state index in [2.05, 4.69) is 15.9 Å². The van der Waals surface area contributed by atoms with E-state index in [1.165, 1.54) is 23.5 Å². The van der Waals surface area contributed by atoms with Gasteiger partial charge in [0.1, 0.15) is 5.82 Å². The molecule has 0 amide bonds. The first kappa shape index (κ1) is 12.3. The van der Waals surface area contributed by atoms with Crippen molar-refractivity contribution in [1.82, 2.24) is 0 Å². The molecule has 0 radical (unpaired) electrons. The molecule has 0 saturated carbocycles. The number of rotatable bonds is 3. The van der Waals surface area contributed by atoms with E-state index in [9.17, 15) is 9.18 Å². The number of nitrogen functional groups attached to an aromatic ring is 1. The van der Waals surface area contributed by atoms with E-state index >= 15 is 0 Å². The summed E-state index contributed by atoms with van der Waals surface area (Å²) < 4.78 is 14.1. The van der Waals surface area contributed by atoms with Crippen molar-refractivity contribution >= 4 is 38.7 Å². The SMILES string of the molecule is Nc1c(F)cccc1C(=O)Cc1cc(Br)cs1. The van der Waals surface area contributed by atoms with Gasteiger partial charge in [0.15, 0.2) is 5.78 Å². The molecule has 17 heavy (non-hydrogen) atoms. The lowest BCUT2D eigenvalue weighted by atomic mass is 10.1. The molecule has 0 aliphatic rings. The molecule has 0 aliphatic heterocycles. The number of nitrogens with two attached hydrogens (primary N) is 1. The molecule has 1 aromatic carbocycles. The van der Waals surface area contributed by atoms with Crippen molar-refractivity contribution in [3.05, 3.63) is 50.4 Å². The number of thiophene rings is 1. The van der Waals surface area contributed by atoms with Crippen LogP contribution in [0.25, 0.3) is 0 Å². The van der Waals surface area contributed by atoms with E-state index in [1.807, 2.05) is 11.4 Å². The number of ketones is 1. The minimum absolute atomic E-state index is 0.0758. The van der Waals surface area contributed by atoms with Crippen LogP contribution in [0.5, 0.6) is 0 Å². The fourth-order valence-electron chi connectivity index (χ4n) is 1.48. The van der Waals surface area contributed by atoms with Crippen molar-refractivity contribution < 1.29 is 9.18 Å². The number of anilines is 1. The highest BCUT2D eigenvalue weighted by Crippen LogP contribution is 2.23. The van der Waals surface area contributed by atoms with Gasteiger partial charge in [-0.2, -0.15) is 0 Å². The van der Waals surface area contributed by atoms with E-state index in [0.717, 1.165) is 9.35 Å². The molecule has 1 heterocycles. The molecule has 2 N–H and O–H groups in total. The van der Waals surface area contributed by atoms with Gasteiger partial charge >= 0.3 is 0 Å². The fraction of sp³-hybridized carbons (Fsp3) is 0.0833. The maximum atomic E-state index is 13.2. The second-order valence-electron chi connectivity index (χ2n) is 3.53. The Morgan fingerprint density at radius 2 is 2.24 bits per heavy atom. The summed E-state index contributed by atoms with van der Waals surface area (Å²) in [4.78, 5) is 12.9. The first-order valence-electron chi connectivity index (χ1n) is 4.88. The minimum atomic E-state index is -0.553. The van der Waals surface area contributed by atoms with Crippen molar-refractivity contribution in [1.29, 1.82) is 0 Å². The molecule has 0 bridgehead atoms. The van der Waals surface area contributed by atoms with Crippen LogP contribution in [0.4, 0.5) is 10.1 Å². The third kappa shape index (κ3) is 2.73. The van der Waals surface area contributed by atoms with E-state index in [4.69, 9.17) is 5.73 Å². The first-order chi connectivity index (χ1) is 8.08. The van der Waals surface area contributed by atoms with Gasteiger partial charge in [-0.15, -0.1) is 11.3 Å². The fourth-order valence-corrected chi connectivity index (χ4v) is 2.93. The highest BCUT2D eigenvalue weighted by Gasteiger charge is 2.13. The van der Waals surface area contributed by atoms with Crippen molar-refractivity contribution in [3.63, 3.8) is 0 Å². The normalized spacial score (nSPS) is 10.5. The molecule has 0 saturated heterocycles. The summed E-state index contributed by atoms with van der Waals surface area (Å²) in [6.07, 6.45) is 0.240. The zero-order valence-electron chi connectivity index (χ0n) is 8.74. The number of halogens is 2. The second-order valence-corrected chi connectivity index (χ2v) is 5.44. The van der Waals surface area contributed by atoms with Crippen LogP contribution >= 0.6 is 27.3 Å². The number of hydrogen-bond acceptors (Lipinski definition) is 3. The number of Topliss-reactive ketones (excluding diaryl/α,β-unsaturated/α-hetero) is 1. The van der Waals surface area contributed by atoms with Gasteiger partial charge in [0, 0.05) is 26.7 Å². The third-order valence-electron chi connectivity index (χ3n) is 2.31. The average Bonchev–Trinajstić information content (AvgIpc) is 2.68. The molecule has 88 valence electrons. The van der Waals surface area contributed by atoms with Gasteiger partial charge in [0.2, 0.25) is 0 Å². The summed E-state index contributed by atoms with van der Waals surface area (Å²) in [5.41, 5.74) is 5.71. The molecule has 2 nitrogen and oxygen atoms in total. The molecular weight excluding hydrogens is 305 g/mol. The van der Waals surface area contributed by atoms with E-state index in [1.54, 1.807) is 6.07 Å². The van der Waals surface area contributed by atoms with Gasteiger partial charge in [-0.25, -0.2) is 4.39 Å². The van der Waals surface area contributed by atoms with Gasteiger partial charge in [-0.1, -0.05) is 6.07 Å². The van der Waals surface area contributed by atoms with Crippen molar-refractivity contribution in [3.8, 4) is 0 Å². The Bertz CT molecular complexity index is 567. The van der Waals surface area contributed by atoms with Crippen LogP contribution in [-0.2, 0) is 6.42 Å². The monoisotopic (exact) mass is 313 g/mol. The molecule has 1 aromatic heterocycles. The Balaban J connectivity index is 2.23. The largest absolute Gasteiger partial charge is 0.396 e. The average molecular weight is 314 g/mol. The number of benzene rings is 1. The maximum absolute atomic E-state index is 13.2. The first-order valence-corrected chi connectivity index (χ1v) is 6.55. The molecule has 2 aromatic rings. The summed E-state index contributed by atoms with van der Waals surface area (Å²) in [6.45, 7) is 0. The van der Waals surface area contributed by atoms with Crippen LogP contribution in [-0.4, -0.2) is 5.78 Å². The summed E-state index contributed by atoms with van der Waals surface area (Å²) >= 11 is 4.80. The van der Waals surface area contributed by atoms with Gasteiger partial charge in [0.05, 0.1) is 5.69 Å². The zero-order valence-corrected chi connectivity index (χ0v) is 11.1. The lowest BCUT2D eigenvalue weighted by Crippen LogP contribution is -2.07. The molecule has 0 fully saturated rings.